The Labute approximate surface area is 184 Å². The van der Waals surface area contributed by atoms with E-state index in [4.69, 9.17) is 0 Å². The van der Waals surface area contributed by atoms with E-state index >= 15 is 0 Å². The van der Waals surface area contributed by atoms with E-state index in [0.717, 1.165) is 6.42 Å². The number of sulfonamides is 1. The van der Waals surface area contributed by atoms with Gasteiger partial charge in [0, 0.05) is 12.6 Å². The average molecular weight is 477 g/mol. The molecule has 0 saturated heterocycles. The van der Waals surface area contributed by atoms with Gasteiger partial charge >= 0.3 is 0 Å². The summed E-state index contributed by atoms with van der Waals surface area (Å²) in [4.78, 5) is -1.91. The largest absolute Gasteiger partial charge is 0.310 e. The van der Waals surface area contributed by atoms with Gasteiger partial charge in [0.15, 0.2) is 28.2 Å². The van der Waals surface area contributed by atoms with Crippen LogP contribution in [0.1, 0.15) is 51.0 Å². The van der Waals surface area contributed by atoms with E-state index in [9.17, 15) is 30.4 Å². The first-order valence-electron chi connectivity index (χ1n) is 10.5. The monoisotopic (exact) mass is 476 g/mol. The third-order valence-corrected chi connectivity index (χ3v) is 7.14. The molecule has 1 saturated carbocycles. The van der Waals surface area contributed by atoms with Gasteiger partial charge in [0.05, 0.1) is 5.69 Å². The third kappa shape index (κ3) is 5.40. The van der Waals surface area contributed by atoms with E-state index in [0.29, 0.717) is 11.5 Å². The Morgan fingerprint density at radius 1 is 0.906 bits per heavy atom. The second-order valence-corrected chi connectivity index (χ2v) is 9.80. The molecule has 0 amide bonds. The van der Waals surface area contributed by atoms with Gasteiger partial charge in [-0.05, 0) is 30.9 Å². The quantitative estimate of drug-likeness (QED) is 0.295. The van der Waals surface area contributed by atoms with Crippen LogP contribution >= 0.6 is 0 Å². The maximum Gasteiger partial charge on any atom is 0.268 e. The lowest BCUT2D eigenvalue weighted by atomic mass is 9.85. The number of halogens is 5. The van der Waals surface area contributed by atoms with Crippen LogP contribution in [0.3, 0.4) is 0 Å². The van der Waals surface area contributed by atoms with Crippen molar-refractivity contribution in [3.63, 3.8) is 0 Å². The number of hydrogen-bond donors (Lipinski definition) is 2. The van der Waals surface area contributed by atoms with Crippen LogP contribution in [0.15, 0.2) is 29.2 Å². The molecule has 0 bridgehead atoms. The summed E-state index contributed by atoms with van der Waals surface area (Å²) in [5, 5.41) is 3.31. The summed E-state index contributed by atoms with van der Waals surface area (Å²) < 4.78 is 95.4. The zero-order valence-corrected chi connectivity index (χ0v) is 18.3. The molecule has 0 radical (unpaired) electrons. The maximum atomic E-state index is 14.0. The van der Waals surface area contributed by atoms with Crippen molar-refractivity contribution >= 4 is 15.7 Å². The molecule has 0 aliphatic heterocycles. The summed E-state index contributed by atoms with van der Waals surface area (Å²) >= 11 is 0. The summed E-state index contributed by atoms with van der Waals surface area (Å²) in [7, 11) is -5.09. The molecular weight excluding hydrogens is 451 g/mol. The fraction of sp³-hybridized carbons (Fsp3) is 0.455. The van der Waals surface area contributed by atoms with Crippen LogP contribution in [0.2, 0.25) is 0 Å². The summed E-state index contributed by atoms with van der Waals surface area (Å²) in [5.74, 6) is -11.3. The van der Waals surface area contributed by atoms with Gasteiger partial charge in [0.25, 0.3) is 10.0 Å². The number of benzene rings is 2. The zero-order chi connectivity index (χ0) is 23.5. The second kappa shape index (κ2) is 10.2. The molecule has 0 aromatic heterocycles. The molecule has 1 aliphatic carbocycles. The van der Waals surface area contributed by atoms with Gasteiger partial charge in [-0.1, -0.05) is 50.3 Å². The van der Waals surface area contributed by atoms with E-state index < -0.39 is 44.0 Å². The van der Waals surface area contributed by atoms with Crippen LogP contribution in [-0.2, 0) is 16.6 Å². The minimum absolute atomic E-state index is 0.0196. The van der Waals surface area contributed by atoms with E-state index in [1.54, 1.807) is 12.1 Å². The van der Waals surface area contributed by atoms with E-state index in [1.807, 2.05) is 11.6 Å². The van der Waals surface area contributed by atoms with Crippen molar-refractivity contribution in [3.05, 3.63) is 58.9 Å². The molecule has 10 heteroatoms. The Kier molecular flexibility index (Phi) is 7.76. The highest BCUT2D eigenvalue weighted by molar-refractivity contribution is 7.92. The molecule has 2 aromatic rings. The van der Waals surface area contributed by atoms with E-state index in [1.165, 1.54) is 44.2 Å². The Morgan fingerprint density at radius 2 is 1.47 bits per heavy atom. The molecule has 4 nitrogen and oxygen atoms in total. The van der Waals surface area contributed by atoms with Gasteiger partial charge in [-0.2, -0.15) is 0 Å². The van der Waals surface area contributed by atoms with Crippen LogP contribution in [0.4, 0.5) is 27.6 Å². The van der Waals surface area contributed by atoms with Crippen molar-refractivity contribution in [1.82, 2.24) is 5.32 Å². The van der Waals surface area contributed by atoms with Gasteiger partial charge in [0.1, 0.15) is 0 Å². The molecule has 1 atom stereocenters. The molecule has 1 fully saturated rings. The van der Waals surface area contributed by atoms with Crippen molar-refractivity contribution in [3.8, 4) is 0 Å². The molecule has 2 aromatic carbocycles. The van der Waals surface area contributed by atoms with Gasteiger partial charge < -0.3 is 5.32 Å². The standard InChI is InChI=1S/C22H25F5N2O2S/c1-13(11-14-7-3-2-4-8-14)28-12-15-9-5-6-10-16(15)29-32(30,31)22-20(26)18(24)17(23)19(25)21(22)27/h5-6,9-10,13-14,28-29H,2-4,7-8,11-12H2,1H3/t13-/m0/s1. The molecule has 3 rings (SSSR count). The molecular formula is C22H25F5N2O2S. The van der Waals surface area contributed by atoms with Crippen molar-refractivity contribution in [2.45, 2.75) is 62.9 Å². The smallest absolute Gasteiger partial charge is 0.268 e. The molecule has 176 valence electrons. The Balaban J connectivity index is 1.77. The molecule has 32 heavy (non-hydrogen) atoms. The number of hydrogen-bond acceptors (Lipinski definition) is 3. The minimum atomic E-state index is -5.09. The van der Waals surface area contributed by atoms with Crippen molar-refractivity contribution < 1.29 is 30.4 Å². The van der Waals surface area contributed by atoms with Crippen molar-refractivity contribution in [2.75, 3.05) is 4.72 Å². The highest BCUT2D eigenvalue weighted by Crippen LogP contribution is 2.30. The van der Waals surface area contributed by atoms with Gasteiger partial charge in [-0.25, -0.2) is 30.4 Å². The summed E-state index contributed by atoms with van der Waals surface area (Å²) in [6.07, 6.45) is 7.04. The number of anilines is 1. The number of para-hydroxylation sites is 1. The maximum absolute atomic E-state index is 14.0. The fourth-order valence-corrected chi connectivity index (χ4v) is 5.32. The Morgan fingerprint density at radius 3 is 2.09 bits per heavy atom. The Bertz CT molecular complexity index is 1040. The third-order valence-electron chi connectivity index (χ3n) is 5.75. The first kappa shape index (κ1) is 24.4. The van der Waals surface area contributed by atoms with Crippen LogP contribution < -0.4 is 10.0 Å². The lowest BCUT2D eigenvalue weighted by molar-refractivity contribution is 0.305. The first-order valence-corrected chi connectivity index (χ1v) is 12.0. The van der Waals surface area contributed by atoms with Gasteiger partial charge in [0.2, 0.25) is 5.82 Å². The fourth-order valence-electron chi connectivity index (χ4n) is 4.08. The van der Waals surface area contributed by atoms with Crippen LogP contribution in [0, 0.1) is 35.0 Å². The normalized spacial score (nSPS) is 16.2. The van der Waals surface area contributed by atoms with E-state index in [2.05, 4.69) is 5.32 Å². The number of nitrogens with one attached hydrogen (secondary N) is 2. The average Bonchev–Trinajstić information content (AvgIpc) is 2.76. The lowest BCUT2D eigenvalue weighted by Gasteiger charge is -2.25. The van der Waals surface area contributed by atoms with Crippen LogP contribution in [0.5, 0.6) is 0 Å². The van der Waals surface area contributed by atoms with Gasteiger partial charge in [-0.3, -0.25) is 4.72 Å². The van der Waals surface area contributed by atoms with Crippen LogP contribution in [-0.4, -0.2) is 14.5 Å². The highest BCUT2D eigenvalue weighted by atomic mass is 32.2. The summed E-state index contributed by atoms with van der Waals surface area (Å²) in [6.45, 7) is 2.28. The number of rotatable bonds is 8. The molecule has 1 aliphatic rings. The first-order chi connectivity index (χ1) is 15.1. The molecule has 2 N–H and O–H groups in total. The minimum Gasteiger partial charge on any atom is -0.310 e. The second-order valence-electron chi connectivity index (χ2n) is 8.18. The summed E-state index contributed by atoms with van der Waals surface area (Å²) in [5.41, 5.74) is 0.448. The predicted octanol–water partition coefficient (Wildman–Crippen LogP) is 5.63. The van der Waals surface area contributed by atoms with Crippen molar-refractivity contribution in [1.29, 1.82) is 0 Å². The lowest BCUT2D eigenvalue weighted by Crippen LogP contribution is -2.29. The molecule has 0 unspecified atom stereocenters. The molecule has 0 heterocycles. The highest BCUT2D eigenvalue weighted by Gasteiger charge is 2.34. The summed E-state index contributed by atoms with van der Waals surface area (Å²) in [6, 6.07) is 6.26. The zero-order valence-electron chi connectivity index (χ0n) is 17.5. The van der Waals surface area contributed by atoms with E-state index in [-0.39, 0.29) is 18.3 Å². The Hall–Kier alpha value is -2.20. The van der Waals surface area contributed by atoms with Crippen molar-refractivity contribution in [2.24, 2.45) is 5.92 Å². The van der Waals surface area contributed by atoms with Crippen LogP contribution in [0.25, 0.3) is 0 Å². The SMILES string of the molecule is C[C@@H](CC1CCCCC1)NCc1ccccc1NS(=O)(=O)c1c(F)c(F)c(F)c(F)c1F. The van der Waals surface area contributed by atoms with Gasteiger partial charge in [-0.15, -0.1) is 0 Å². The molecule has 0 spiro atoms. The topological polar surface area (TPSA) is 58.2 Å². The predicted molar refractivity (Wildman–Crippen MR) is 111 cm³/mol.